The molecule has 0 fully saturated rings. The number of nitrogens with one attached hydrogen (secondary N) is 1. The lowest BCUT2D eigenvalue weighted by Crippen LogP contribution is -2.19. The number of aromatic nitrogens is 2. The van der Waals surface area contributed by atoms with Gasteiger partial charge in [0.05, 0.1) is 19.8 Å². The van der Waals surface area contributed by atoms with Gasteiger partial charge in [0.15, 0.2) is 0 Å². The van der Waals surface area contributed by atoms with Crippen molar-refractivity contribution in [3.63, 3.8) is 0 Å². The first-order valence-corrected chi connectivity index (χ1v) is 6.20. The normalized spacial score (nSPS) is 15.3. The van der Waals surface area contributed by atoms with Gasteiger partial charge in [-0.3, -0.25) is 0 Å². The Labute approximate surface area is 113 Å². The molecule has 8 heteroatoms. The van der Waals surface area contributed by atoms with Gasteiger partial charge in [-0.05, 0) is 0 Å². The molecule has 2 heterocycles. The number of hydrogen-bond donors (Lipinski definition) is 1. The fourth-order valence-corrected chi connectivity index (χ4v) is 2.07. The maximum absolute atomic E-state index is 11.9. The average Bonchev–Trinajstić information content (AvgIpc) is 2.34. The van der Waals surface area contributed by atoms with Crippen LogP contribution in [0.3, 0.4) is 0 Å². The van der Waals surface area contributed by atoms with Crippen LogP contribution in [0.25, 0.3) is 0 Å². The van der Waals surface area contributed by atoms with Crippen LogP contribution in [-0.4, -0.2) is 36.0 Å². The van der Waals surface area contributed by atoms with E-state index in [1.54, 1.807) is 0 Å². The van der Waals surface area contributed by atoms with Gasteiger partial charge in [-0.25, -0.2) is 4.98 Å². The molecule has 0 amide bonds. The molecule has 0 saturated heterocycles. The molecule has 0 aromatic carbocycles. The van der Waals surface area contributed by atoms with Gasteiger partial charge in [-0.2, -0.15) is 13.2 Å². The van der Waals surface area contributed by atoms with Crippen molar-refractivity contribution < 1.29 is 22.6 Å². The van der Waals surface area contributed by atoms with E-state index >= 15 is 0 Å². The van der Waals surface area contributed by atoms with Crippen molar-refractivity contribution in [1.82, 2.24) is 9.97 Å². The summed E-state index contributed by atoms with van der Waals surface area (Å²) in [5.74, 6) is 0.549. The SMILES string of the molecule is FC(F)(F)COCCc1nc(=S)c2c([nH]1)CCOC2. The molecule has 1 aromatic rings. The van der Waals surface area contributed by atoms with Crippen molar-refractivity contribution >= 4 is 12.2 Å². The number of halogens is 3. The van der Waals surface area contributed by atoms with Crippen LogP contribution >= 0.6 is 12.2 Å². The lowest BCUT2D eigenvalue weighted by molar-refractivity contribution is -0.173. The van der Waals surface area contributed by atoms with Crippen molar-refractivity contribution in [3.8, 4) is 0 Å². The summed E-state index contributed by atoms with van der Waals surface area (Å²) in [6.07, 6.45) is -3.32. The van der Waals surface area contributed by atoms with Crippen LogP contribution in [0.4, 0.5) is 13.2 Å². The minimum atomic E-state index is -4.30. The Morgan fingerprint density at radius 2 is 2.21 bits per heavy atom. The van der Waals surface area contributed by atoms with Crippen LogP contribution in [0.1, 0.15) is 17.1 Å². The predicted molar refractivity (Wildman–Crippen MR) is 63.4 cm³/mol. The number of aromatic amines is 1. The van der Waals surface area contributed by atoms with E-state index in [1.807, 2.05) is 0 Å². The third kappa shape index (κ3) is 4.26. The highest BCUT2D eigenvalue weighted by atomic mass is 32.1. The highest BCUT2D eigenvalue weighted by Crippen LogP contribution is 2.16. The maximum Gasteiger partial charge on any atom is 0.411 e. The van der Waals surface area contributed by atoms with E-state index in [9.17, 15) is 13.2 Å². The van der Waals surface area contributed by atoms with Crippen molar-refractivity contribution in [2.75, 3.05) is 19.8 Å². The molecule has 106 valence electrons. The molecule has 0 spiro atoms. The van der Waals surface area contributed by atoms with Crippen LogP contribution in [0.5, 0.6) is 0 Å². The zero-order chi connectivity index (χ0) is 13.9. The lowest BCUT2D eigenvalue weighted by Gasteiger charge is -2.17. The van der Waals surface area contributed by atoms with E-state index in [1.165, 1.54) is 0 Å². The molecule has 0 atom stereocenters. The van der Waals surface area contributed by atoms with E-state index in [-0.39, 0.29) is 13.0 Å². The fraction of sp³-hybridized carbons (Fsp3) is 0.636. The predicted octanol–water partition coefficient (Wildman–Crippen LogP) is 2.33. The molecule has 0 saturated carbocycles. The Balaban J connectivity index is 1.94. The molecule has 1 N–H and O–H groups in total. The highest BCUT2D eigenvalue weighted by Gasteiger charge is 2.27. The second-order valence-electron chi connectivity index (χ2n) is 4.17. The first-order chi connectivity index (χ1) is 8.96. The number of H-pyrrole nitrogens is 1. The Morgan fingerprint density at radius 3 is 2.95 bits per heavy atom. The monoisotopic (exact) mass is 294 g/mol. The van der Waals surface area contributed by atoms with Gasteiger partial charge < -0.3 is 14.5 Å². The Kier molecular flexibility index (Phi) is 4.54. The molecular weight excluding hydrogens is 281 g/mol. The quantitative estimate of drug-likeness (QED) is 0.684. The van der Waals surface area contributed by atoms with E-state index in [0.29, 0.717) is 30.1 Å². The first-order valence-electron chi connectivity index (χ1n) is 5.79. The molecule has 1 aromatic heterocycles. The number of alkyl halides is 3. The van der Waals surface area contributed by atoms with E-state index < -0.39 is 12.8 Å². The lowest BCUT2D eigenvalue weighted by atomic mass is 10.1. The Bertz CT molecular complexity index is 502. The zero-order valence-corrected chi connectivity index (χ0v) is 10.9. The molecule has 0 unspecified atom stereocenters. The fourth-order valence-electron chi connectivity index (χ4n) is 1.78. The third-order valence-electron chi connectivity index (χ3n) is 2.65. The second-order valence-corrected chi connectivity index (χ2v) is 4.55. The van der Waals surface area contributed by atoms with Crippen LogP contribution in [0, 0.1) is 4.64 Å². The van der Waals surface area contributed by atoms with Crippen molar-refractivity contribution in [2.45, 2.75) is 25.6 Å². The largest absolute Gasteiger partial charge is 0.411 e. The summed E-state index contributed by atoms with van der Waals surface area (Å²) in [6, 6.07) is 0. The van der Waals surface area contributed by atoms with Gasteiger partial charge in [0.1, 0.15) is 17.1 Å². The number of hydrogen-bond acceptors (Lipinski definition) is 4. The van der Waals surface area contributed by atoms with E-state index in [0.717, 1.165) is 11.3 Å². The second kappa shape index (κ2) is 5.98. The number of fused-ring (bicyclic) bond motifs is 1. The van der Waals surface area contributed by atoms with Gasteiger partial charge in [0.2, 0.25) is 0 Å². The summed E-state index contributed by atoms with van der Waals surface area (Å²) in [6.45, 7) is -0.256. The summed E-state index contributed by atoms with van der Waals surface area (Å²) in [4.78, 5) is 7.22. The molecule has 4 nitrogen and oxygen atoms in total. The number of nitrogens with zero attached hydrogens (tertiary/aromatic N) is 1. The number of ether oxygens (including phenoxy) is 2. The average molecular weight is 294 g/mol. The van der Waals surface area contributed by atoms with E-state index in [2.05, 4.69) is 14.7 Å². The van der Waals surface area contributed by atoms with Crippen LogP contribution in [0.15, 0.2) is 0 Å². The molecule has 19 heavy (non-hydrogen) atoms. The molecule has 2 rings (SSSR count). The standard InChI is InChI=1S/C11H13F3N2O2S/c12-11(13,14)6-18-4-2-9-15-8-1-3-17-5-7(8)10(19)16-9/h1-6H2,(H,15,16,19). The molecule has 0 radical (unpaired) electrons. The maximum atomic E-state index is 11.9. The summed E-state index contributed by atoms with van der Waals surface area (Å²) in [7, 11) is 0. The summed E-state index contributed by atoms with van der Waals surface area (Å²) < 4.78 is 45.9. The van der Waals surface area contributed by atoms with Crippen molar-refractivity contribution in [1.29, 1.82) is 0 Å². The highest BCUT2D eigenvalue weighted by molar-refractivity contribution is 7.71. The third-order valence-corrected chi connectivity index (χ3v) is 2.98. The first kappa shape index (κ1) is 14.4. The van der Waals surface area contributed by atoms with Crippen LogP contribution in [-0.2, 0) is 28.9 Å². The van der Waals surface area contributed by atoms with Crippen molar-refractivity contribution in [2.24, 2.45) is 0 Å². The molecule has 1 aliphatic rings. The minimum absolute atomic E-state index is 0.0485. The van der Waals surface area contributed by atoms with Gasteiger partial charge >= 0.3 is 6.18 Å². The van der Waals surface area contributed by atoms with Gasteiger partial charge in [-0.15, -0.1) is 0 Å². The topological polar surface area (TPSA) is 47.1 Å². The summed E-state index contributed by atoms with van der Waals surface area (Å²) in [5.41, 5.74) is 1.82. The van der Waals surface area contributed by atoms with Gasteiger partial charge in [-0.1, -0.05) is 12.2 Å². The summed E-state index contributed by atoms with van der Waals surface area (Å²) >= 11 is 5.13. The molecule has 0 aliphatic carbocycles. The van der Waals surface area contributed by atoms with E-state index in [4.69, 9.17) is 17.0 Å². The minimum Gasteiger partial charge on any atom is -0.376 e. The summed E-state index contributed by atoms with van der Waals surface area (Å²) in [5, 5.41) is 0. The van der Waals surface area contributed by atoms with Gasteiger partial charge in [0, 0.05) is 24.1 Å². The molecule has 1 aliphatic heterocycles. The van der Waals surface area contributed by atoms with Crippen molar-refractivity contribution in [3.05, 3.63) is 21.7 Å². The molecule has 0 bridgehead atoms. The Morgan fingerprint density at radius 1 is 1.42 bits per heavy atom. The number of rotatable bonds is 4. The van der Waals surface area contributed by atoms with Crippen LogP contribution in [0.2, 0.25) is 0 Å². The molecular formula is C11H13F3N2O2S. The van der Waals surface area contributed by atoms with Gasteiger partial charge in [0.25, 0.3) is 0 Å². The zero-order valence-electron chi connectivity index (χ0n) is 10.0. The van der Waals surface area contributed by atoms with Crippen LogP contribution < -0.4 is 0 Å². The Hall–Kier alpha value is -0.990. The smallest absolute Gasteiger partial charge is 0.376 e.